The summed E-state index contributed by atoms with van der Waals surface area (Å²) in [5.74, 6) is 0.533. The Morgan fingerprint density at radius 3 is 1.00 bits per heavy atom. The molecule has 0 aliphatic carbocycles. The minimum absolute atomic E-state index is 0.533. The largest absolute Gasteiger partial charge is 0.469 e. The molecule has 20 heavy (non-hydrogen) atoms. The van der Waals surface area contributed by atoms with Crippen LogP contribution in [0.4, 0.5) is 0 Å². The quantitative estimate of drug-likeness (QED) is 0.566. The van der Waals surface area contributed by atoms with Crippen molar-refractivity contribution in [3.8, 4) is 0 Å². The van der Waals surface area contributed by atoms with Crippen molar-refractivity contribution in [3.05, 3.63) is 0 Å². The van der Waals surface area contributed by atoms with Crippen molar-refractivity contribution in [2.24, 2.45) is 5.92 Å². The molecule has 0 heterocycles. The second-order valence-corrected chi connectivity index (χ2v) is 25.8. The lowest BCUT2D eigenvalue weighted by molar-refractivity contribution is 0.245. The zero-order valence-corrected chi connectivity index (χ0v) is 19.5. The van der Waals surface area contributed by atoms with Crippen LogP contribution in [0.15, 0.2) is 0 Å². The first-order chi connectivity index (χ1) is 8.54. The predicted octanol–water partition coefficient (Wildman–Crippen LogP) is 5.14. The summed E-state index contributed by atoms with van der Waals surface area (Å²) < 4.78 is 19.8. The van der Waals surface area contributed by atoms with Crippen molar-refractivity contribution in [1.82, 2.24) is 0 Å². The summed E-state index contributed by atoms with van der Waals surface area (Å²) in [4.78, 5) is 0. The molecule has 0 spiro atoms. The van der Waals surface area contributed by atoms with Crippen LogP contribution < -0.4 is 0 Å². The van der Waals surface area contributed by atoms with E-state index in [0.29, 0.717) is 5.92 Å². The Hall–Kier alpha value is 0.748. The average Bonchev–Trinajstić information content (AvgIpc) is 1.86. The van der Waals surface area contributed by atoms with Crippen LogP contribution in [0.5, 0.6) is 0 Å². The van der Waals surface area contributed by atoms with E-state index < -0.39 is 33.8 Å². The molecule has 0 aromatic rings. The van der Waals surface area contributed by atoms with Gasteiger partial charge in [-0.3, -0.25) is 0 Å². The van der Waals surface area contributed by atoms with E-state index in [1.165, 1.54) is 0 Å². The molecule has 0 rings (SSSR count). The van der Waals surface area contributed by atoms with Gasteiger partial charge in [0, 0.05) is 6.04 Å². The third kappa shape index (κ3) is 10.5. The van der Waals surface area contributed by atoms with Gasteiger partial charge in [-0.2, -0.15) is 0 Å². The van der Waals surface area contributed by atoms with Crippen LogP contribution >= 0.6 is 0 Å². The van der Waals surface area contributed by atoms with Crippen molar-refractivity contribution >= 4 is 33.8 Å². The molecular formula is C13H36O3Si4. The first kappa shape index (κ1) is 20.7. The highest BCUT2D eigenvalue weighted by atomic mass is 28.5. The van der Waals surface area contributed by atoms with E-state index in [-0.39, 0.29) is 0 Å². The fraction of sp³-hybridized carbons (Fsp3) is 1.00. The zero-order chi connectivity index (χ0) is 16.4. The predicted molar refractivity (Wildman–Crippen MR) is 98.7 cm³/mol. The highest BCUT2D eigenvalue weighted by Crippen LogP contribution is 2.31. The maximum Gasteiger partial charge on any atom is 0.469 e. The fourth-order valence-corrected chi connectivity index (χ4v) is 16.9. The van der Waals surface area contributed by atoms with Crippen molar-refractivity contribution < 1.29 is 12.3 Å². The van der Waals surface area contributed by atoms with Crippen LogP contribution in [-0.2, 0) is 12.3 Å². The summed E-state index contributed by atoms with van der Waals surface area (Å²) in [5, 5.41) is 0. The standard InChI is InChI=1S/C13H36O3Si4/c1-13(2)12-20(14-17(3,4)5,15-18(6,7)8)16-19(9,10)11/h13H,12H2,1-11H3. The Bertz CT molecular complexity index is 259. The number of hydrogen-bond acceptors (Lipinski definition) is 3. The van der Waals surface area contributed by atoms with Gasteiger partial charge in [-0.05, 0) is 64.8 Å². The summed E-state index contributed by atoms with van der Waals surface area (Å²) in [7, 11) is -7.69. The zero-order valence-electron chi connectivity index (χ0n) is 15.5. The number of rotatable bonds is 8. The molecule has 0 aromatic carbocycles. The van der Waals surface area contributed by atoms with Crippen LogP contribution in [0.25, 0.3) is 0 Å². The lowest BCUT2D eigenvalue weighted by atomic mass is 10.3. The number of hydrogen-bond donors (Lipinski definition) is 0. The van der Waals surface area contributed by atoms with Gasteiger partial charge in [0.25, 0.3) is 0 Å². The molecule has 0 aliphatic rings. The first-order valence-corrected chi connectivity index (χ1v) is 19.8. The molecule has 0 N–H and O–H groups in total. The van der Waals surface area contributed by atoms with Gasteiger partial charge >= 0.3 is 8.80 Å². The summed E-state index contributed by atoms with van der Waals surface area (Å²) in [6.45, 7) is 24.6. The second-order valence-electron chi connectivity index (χ2n) is 8.92. The molecule has 0 aromatic heterocycles. The average molecular weight is 353 g/mol. The maximum atomic E-state index is 6.59. The van der Waals surface area contributed by atoms with Gasteiger partial charge in [-0.25, -0.2) is 0 Å². The Labute approximate surface area is 131 Å². The SMILES string of the molecule is CC(C)C[Si](O[Si](C)(C)C)(O[Si](C)(C)C)O[Si](C)(C)C. The lowest BCUT2D eigenvalue weighted by Gasteiger charge is -2.43. The summed E-state index contributed by atoms with van der Waals surface area (Å²) in [6, 6.07) is 0.936. The molecule has 0 saturated carbocycles. The van der Waals surface area contributed by atoms with E-state index in [1.54, 1.807) is 0 Å². The Morgan fingerprint density at radius 1 is 0.600 bits per heavy atom. The summed E-state index contributed by atoms with van der Waals surface area (Å²) in [6.07, 6.45) is 0. The maximum absolute atomic E-state index is 6.59. The fourth-order valence-electron chi connectivity index (χ4n) is 2.09. The van der Waals surface area contributed by atoms with Gasteiger partial charge in [0.1, 0.15) is 0 Å². The van der Waals surface area contributed by atoms with Gasteiger partial charge in [-0.15, -0.1) is 0 Å². The third-order valence-corrected chi connectivity index (χ3v) is 14.4. The van der Waals surface area contributed by atoms with Crippen molar-refractivity contribution in [3.63, 3.8) is 0 Å². The van der Waals surface area contributed by atoms with Crippen LogP contribution in [-0.4, -0.2) is 33.8 Å². The molecule has 0 radical (unpaired) electrons. The molecule has 0 amide bonds. The Balaban J connectivity index is 5.50. The minimum atomic E-state index is -2.58. The van der Waals surface area contributed by atoms with E-state index in [9.17, 15) is 0 Å². The highest BCUT2D eigenvalue weighted by molar-refractivity contribution is 6.90. The van der Waals surface area contributed by atoms with Gasteiger partial charge in [-0.1, -0.05) is 13.8 Å². The van der Waals surface area contributed by atoms with E-state index >= 15 is 0 Å². The topological polar surface area (TPSA) is 27.7 Å². The Kier molecular flexibility index (Phi) is 7.14. The van der Waals surface area contributed by atoms with Crippen LogP contribution in [0.2, 0.25) is 65.0 Å². The van der Waals surface area contributed by atoms with Gasteiger partial charge in [0.2, 0.25) is 0 Å². The molecule has 0 aliphatic heterocycles. The van der Waals surface area contributed by atoms with Crippen LogP contribution in [0, 0.1) is 5.92 Å². The molecule has 3 nitrogen and oxygen atoms in total. The monoisotopic (exact) mass is 352 g/mol. The molecule has 0 fully saturated rings. The molecular weight excluding hydrogens is 316 g/mol. The van der Waals surface area contributed by atoms with Gasteiger partial charge < -0.3 is 12.3 Å². The van der Waals surface area contributed by atoms with Gasteiger partial charge in [0.15, 0.2) is 25.0 Å². The third-order valence-electron chi connectivity index (χ3n) is 2.04. The summed E-state index contributed by atoms with van der Waals surface area (Å²) in [5.41, 5.74) is 0. The van der Waals surface area contributed by atoms with E-state index in [1.807, 2.05) is 0 Å². The van der Waals surface area contributed by atoms with Crippen molar-refractivity contribution in [1.29, 1.82) is 0 Å². The van der Waals surface area contributed by atoms with E-state index in [4.69, 9.17) is 12.3 Å². The molecule has 0 saturated heterocycles. The van der Waals surface area contributed by atoms with Crippen LogP contribution in [0.3, 0.4) is 0 Å². The van der Waals surface area contributed by atoms with E-state index in [0.717, 1.165) is 6.04 Å². The van der Waals surface area contributed by atoms with Crippen molar-refractivity contribution in [2.45, 2.75) is 78.8 Å². The Morgan fingerprint density at radius 2 is 0.850 bits per heavy atom. The first-order valence-electron chi connectivity index (χ1n) is 7.64. The molecule has 0 atom stereocenters. The molecule has 0 bridgehead atoms. The van der Waals surface area contributed by atoms with E-state index in [2.05, 4.69) is 72.8 Å². The van der Waals surface area contributed by atoms with Crippen molar-refractivity contribution in [2.75, 3.05) is 0 Å². The molecule has 122 valence electrons. The minimum Gasteiger partial charge on any atom is -0.417 e. The lowest BCUT2D eigenvalue weighted by Crippen LogP contribution is -2.60. The second kappa shape index (κ2) is 6.89. The highest BCUT2D eigenvalue weighted by Gasteiger charge is 2.50. The summed E-state index contributed by atoms with van der Waals surface area (Å²) >= 11 is 0. The molecule has 7 heteroatoms. The molecule has 0 unspecified atom stereocenters. The van der Waals surface area contributed by atoms with Crippen LogP contribution in [0.1, 0.15) is 13.8 Å². The smallest absolute Gasteiger partial charge is 0.417 e. The van der Waals surface area contributed by atoms with Gasteiger partial charge in [0.05, 0.1) is 0 Å². The normalized spacial score (nSPS) is 15.0.